The number of aromatic nitrogens is 2. The summed E-state index contributed by atoms with van der Waals surface area (Å²) in [5.74, 6) is 0. The molecule has 1 aliphatic heterocycles. The minimum atomic E-state index is -2.64. The summed E-state index contributed by atoms with van der Waals surface area (Å²) in [6.07, 6.45) is 4.34. The van der Waals surface area contributed by atoms with Gasteiger partial charge >= 0.3 is 6.55 Å². The molecule has 0 amide bonds. The van der Waals surface area contributed by atoms with Gasteiger partial charge in [-0.15, -0.1) is 0 Å². The van der Waals surface area contributed by atoms with Crippen LogP contribution in [0.4, 0.5) is 8.78 Å². The molecule has 1 aliphatic rings. The summed E-state index contributed by atoms with van der Waals surface area (Å²) in [4.78, 5) is 4.67. The third-order valence-electron chi connectivity index (χ3n) is 5.34. The number of halogens is 2. The van der Waals surface area contributed by atoms with Crippen molar-refractivity contribution in [2.75, 3.05) is 32.7 Å². The largest absolute Gasteiger partial charge is 0.321 e. The van der Waals surface area contributed by atoms with E-state index < -0.39 is 6.55 Å². The van der Waals surface area contributed by atoms with Gasteiger partial charge in [-0.05, 0) is 29.9 Å². The molecule has 0 spiro atoms. The van der Waals surface area contributed by atoms with Crippen LogP contribution in [0.15, 0.2) is 60.7 Å². The molecule has 152 valence electrons. The van der Waals surface area contributed by atoms with Gasteiger partial charge in [0.25, 0.3) is 0 Å². The molecule has 0 N–H and O–H groups in total. The topological polar surface area (TPSA) is 16.3 Å². The second-order valence-electron chi connectivity index (χ2n) is 7.22. The number of hydrogen-bond acceptors (Lipinski definition) is 3. The zero-order valence-corrected chi connectivity index (χ0v) is 16.9. The van der Waals surface area contributed by atoms with E-state index in [1.165, 1.54) is 5.56 Å². The van der Waals surface area contributed by atoms with Crippen LogP contribution in [-0.2, 0) is 6.67 Å². The minimum absolute atomic E-state index is 0.175. The van der Waals surface area contributed by atoms with E-state index in [9.17, 15) is 8.78 Å². The Kier molecular flexibility index (Phi) is 6.18. The number of piperazine rings is 1. The van der Waals surface area contributed by atoms with E-state index in [2.05, 4.69) is 34.1 Å². The molecule has 0 radical (unpaired) electrons. The Morgan fingerprint density at radius 1 is 0.862 bits per heavy atom. The maximum absolute atomic E-state index is 13.5. The van der Waals surface area contributed by atoms with Gasteiger partial charge in [-0.25, -0.2) is 0 Å². The fraction of sp³-hybridized carbons (Fsp3) is 0.318. The number of fused-ring (bicyclic) bond motifs is 1. The lowest BCUT2D eigenvalue weighted by Gasteiger charge is -2.34. The standard InChI is InChI=1S/C22H24F2N4S/c23-21(24)28-20-11-5-4-10-19(20)27(22(28)29)17-26-15-13-25(14-16-26)12-6-9-18-7-2-1-3-8-18/h1-11,21H,12-17H2/b9-6+. The second kappa shape index (κ2) is 8.98. The first-order valence-corrected chi connectivity index (χ1v) is 10.2. The molecule has 0 bridgehead atoms. The van der Waals surface area contributed by atoms with Crippen molar-refractivity contribution in [3.63, 3.8) is 0 Å². The first-order chi connectivity index (χ1) is 14.1. The van der Waals surface area contributed by atoms with Crippen molar-refractivity contribution in [2.45, 2.75) is 13.2 Å². The summed E-state index contributed by atoms with van der Waals surface area (Å²) in [5, 5.41) is 0. The van der Waals surface area contributed by atoms with Crippen LogP contribution in [0.5, 0.6) is 0 Å². The molecule has 29 heavy (non-hydrogen) atoms. The molecule has 2 aromatic carbocycles. The Hall–Kier alpha value is -2.35. The first-order valence-electron chi connectivity index (χ1n) is 9.78. The quantitative estimate of drug-likeness (QED) is 0.536. The molecule has 0 unspecified atom stereocenters. The Balaban J connectivity index is 1.38. The Bertz CT molecular complexity index is 1030. The number of alkyl halides is 2. The number of rotatable bonds is 6. The Morgan fingerprint density at radius 2 is 1.48 bits per heavy atom. The van der Waals surface area contributed by atoms with Gasteiger partial charge in [0.1, 0.15) is 0 Å². The van der Waals surface area contributed by atoms with Crippen molar-refractivity contribution in [3.8, 4) is 0 Å². The normalized spacial score (nSPS) is 16.4. The molecule has 0 saturated carbocycles. The average molecular weight is 415 g/mol. The van der Waals surface area contributed by atoms with Crippen LogP contribution in [0.1, 0.15) is 12.1 Å². The lowest BCUT2D eigenvalue weighted by molar-refractivity contribution is 0.0704. The summed E-state index contributed by atoms with van der Waals surface area (Å²) in [6.45, 7) is 2.46. The SMILES string of the molecule is FC(F)n1c(=S)n(CN2CCN(C/C=C/c3ccccc3)CC2)c2ccccc21. The van der Waals surface area contributed by atoms with Crippen molar-refractivity contribution in [1.82, 2.24) is 18.9 Å². The fourth-order valence-corrected chi connectivity index (χ4v) is 4.11. The average Bonchev–Trinajstić information content (AvgIpc) is 3.02. The number of nitrogens with zero attached hydrogens (tertiary/aromatic N) is 4. The van der Waals surface area contributed by atoms with Gasteiger partial charge in [0.05, 0.1) is 17.7 Å². The second-order valence-corrected chi connectivity index (χ2v) is 7.59. The van der Waals surface area contributed by atoms with Gasteiger partial charge in [-0.1, -0.05) is 54.6 Å². The summed E-state index contributed by atoms with van der Waals surface area (Å²) in [5.41, 5.74) is 2.44. The first kappa shape index (κ1) is 19.9. The zero-order chi connectivity index (χ0) is 20.2. The molecule has 0 aliphatic carbocycles. The van der Waals surface area contributed by atoms with Crippen molar-refractivity contribution < 1.29 is 8.78 Å². The molecule has 3 aromatic rings. The van der Waals surface area contributed by atoms with E-state index >= 15 is 0 Å². The van der Waals surface area contributed by atoms with E-state index in [0.29, 0.717) is 12.2 Å². The predicted molar refractivity (Wildman–Crippen MR) is 116 cm³/mol. The lowest BCUT2D eigenvalue weighted by Crippen LogP contribution is -2.46. The predicted octanol–water partition coefficient (Wildman–Crippen LogP) is 4.86. The monoisotopic (exact) mass is 414 g/mol. The highest BCUT2D eigenvalue weighted by molar-refractivity contribution is 7.71. The van der Waals surface area contributed by atoms with Crippen LogP contribution in [0.2, 0.25) is 0 Å². The maximum Gasteiger partial charge on any atom is 0.321 e. The Labute approximate surface area is 174 Å². The van der Waals surface area contributed by atoms with Crippen LogP contribution >= 0.6 is 12.2 Å². The van der Waals surface area contributed by atoms with Crippen LogP contribution in [0.3, 0.4) is 0 Å². The molecule has 2 heterocycles. The third kappa shape index (κ3) is 4.47. The summed E-state index contributed by atoms with van der Waals surface area (Å²) in [7, 11) is 0. The summed E-state index contributed by atoms with van der Waals surface area (Å²) < 4.78 is 29.9. The van der Waals surface area contributed by atoms with E-state index in [-0.39, 0.29) is 4.77 Å². The van der Waals surface area contributed by atoms with E-state index in [1.54, 1.807) is 12.1 Å². The smallest absolute Gasteiger partial charge is 0.303 e. The minimum Gasteiger partial charge on any atom is -0.303 e. The molecule has 4 nitrogen and oxygen atoms in total. The van der Waals surface area contributed by atoms with Crippen LogP contribution in [0.25, 0.3) is 17.1 Å². The van der Waals surface area contributed by atoms with Gasteiger partial charge in [-0.2, -0.15) is 8.78 Å². The van der Waals surface area contributed by atoms with Crippen molar-refractivity contribution >= 4 is 29.3 Å². The van der Waals surface area contributed by atoms with Crippen LogP contribution < -0.4 is 0 Å². The Morgan fingerprint density at radius 3 is 2.17 bits per heavy atom. The molecular formula is C22H24F2N4S. The zero-order valence-electron chi connectivity index (χ0n) is 16.1. The highest BCUT2D eigenvalue weighted by Gasteiger charge is 2.20. The number of hydrogen-bond donors (Lipinski definition) is 0. The van der Waals surface area contributed by atoms with E-state index in [0.717, 1.165) is 42.8 Å². The van der Waals surface area contributed by atoms with Gasteiger partial charge in [0.2, 0.25) is 0 Å². The lowest BCUT2D eigenvalue weighted by atomic mass is 10.2. The molecule has 1 fully saturated rings. The number of benzene rings is 2. The van der Waals surface area contributed by atoms with Crippen LogP contribution in [-0.4, -0.2) is 51.7 Å². The van der Waals surface area contributed by atoms with Gasteiger partial charge in [0, 0.05) is 32.7 Å². The molecular weight excluding hydrogens is 390 g/mol. The maximum atomic E-state index is 13.5. The highest BCUT2D eigenvalue weighted by Crippen LogP contribution is 2.24. The molecule has 1 saturated heterocycles. The van der Waals surface area contributed by atoms with Gasteiger partial charge < -0.3 is 4.57 Å². The van der Waals surface area contributed by atoms with E-state index in [1.807, 2.05) is 34.9 Å². The van der Waals surface area contributed by atoms with E-state index in [4.69, 9.17) is 12.2 Å². The molecule has 4 rings (SSSR count). The third-order valence-corrected chi connectivity index (χ3v) is 5.76. The summed E-state index contributed by atoms with van der Waals surface area (Å²) in [6, 6.07) is 17.5. The van der Waals surface area contributed by atoms with Gasteiger partial charge in [-0.3, -0.25) is 14.4 Å². The van der Waals surface area contributed by atoms with Gasteiger partial charge in [0.15, 0.2) is 4.77 Å². The number of imidazole rings is 1. The summed E-state index contributed by atoms with van der Waals surface area (Å²) >= 11 is 5.36. The fourth-order valence-electron chi connectivity index (χ4n) is 3.77. The van der Waals surface area contributed by atoms with Crippen molar-refractivity contribution in [3.05, 3.63) is 71.0 Å². The van der Waals surface area contributed by atoms with Crippen molar-refractivity contribution in [1.29, 1.82) is 0 Å². The van der Waals surface area contributed by atoms with Crippen molar-refractivity contribution in [2.24, 2.45) is 0 Å². The van der Waals surface area contributed by atoms with Crippen LogP contribution in [0, 0.1) is 4.77 Å². The molecule has 7 heteroatoms. The molecule has 0 atom stereocenters. The molecule has 1 aromatic heterocycles. The number of para-hydroxylation sites is 2. The highest BCUT2D eigenvalue weighted by atomic mass is 32.1.